The maximum absolute atomic E-state index is 14.0. The predicted octanol–water partition coefficient (Wildman–Crippen LogP) is 2.19. The van der Waals surface area contributed by atoms with Gasteiger partial charge < -0.3 is 15.6 Å². The van der Waals surface area contributed by atoms with Crippen molar-refractivity contribution in [2.24, 2.45) is 0 Å². The number of carbonyl (C=O) groups is 2. The molecule has 1 aliphatic rings. The fourth-order valence-electron chi connectivity index (χ4n) is 3.08. The molecule has 1 aromatic heterocycles. The molecule has 5 nitrogen and oxygen atoms in total. The number of rotatable bonds is 6. The smallest absolute Gasteiger partial charge is 0.243 e. The number of amides is 2. The van der Waals surface area contributed by atoms with Gasteiger partial charge in [0.05, 0.1) is 0 Å². The van der Waals surface area contributed by atoms with Gasteiger partial charge in [-0.25, -0.2) is 4.39 Å². The quantitative estimate of drug-likeness (QED) is 0.561. The third-order valence-electron chi connectivity index (χ3n) is 4.33. The van der Waals surface area contributed by atoms with E-state index in [9.17, 15) is 14.0 Å². The van der Waals surface area contributed by atoms with Crippen molar-refractivity contribution in [2.75, 3.05) is 0 Å². The van der Waals surface area contributed by atoms with E-state index in [1.54, 1.807) is 24.4 Å². The first kappa shape index (κ1) is 16.2. The lowest BCUT2D eigenvalue weighted by Gasteiger charge is -2.29. The number of benzene rings is 1. The summed E-state index contributed by atoms with van der Waals surface area (Å²) in [5, 5.41) is 5.98. The minimum atomic E-state index is -0.688. The van der Waals surface area contributed by atoms with E-state index < -0.39 is 12.1 Å². The summed E-state index contributed by atoms with van der Waals surface area (Å²) in [5.74, 6) is -0.763. The van der Waals surface area contributed by atoms with E-state index in [1.165, 1.54) is 6.07 Å². The molecule has 0 spiro atoms. The van der Waals surface area contributed by atoms with Gasteiger partial charge in [0.1, 0.15) is 17.9 Å². The molecule has 24 heavy (non-hydrogen) atoms. The Bertz CT molecular complexity index is 784. The van der Waals surface area contributed by atoms with Crippen molar-refractivity contribution in [3.05, 3.63) is 48.4 Å². The van der Waals surface area contributed by atoms with Crippen LogP contribution >= 0.6 is 0 Å². The molecule has 3 rings (SSSR count). The van der Waals surface area contributed by atoms with Gasteiger partial charge in [-0.3, -0.25) is 9.59 Å². The summed E-state index contributed by atoms with van der Waals surface area (Å²) in [6.45, 7) is 3.64. The Morgan fingerprint density at radius 3 is 2.71 bits per heavy atom. The Hall–Kier alpha value is -2.63. The van der Waals surface area contributed by atoms with Gasteiger partial charge in [-0.1, -0.05) is 12.1 Å². The molecule has 1 fully saturated rings. The second-order valence-corrected chi connectivity index (χ2v) is 6.02. The second-order valence-electron chi connectivity index (χ2n) is 6.02. The number of hydrogen-bond acceptors (Lipinski definition) is 2. The predicted molar refractivity (Wildman–Crippen MR) is 89.9 cm³/mol. The van der Waals surface area contributed by atoms with E-state index in [-0.39, 0.29) is 24.1 Å². The summed E-state index contributed by atoms with van der Waals surface area (Å²) in [7, 11) is 0. The van der Waals surface area contributed by atoms with Gasteiger partial charge in [0, 0.05) is 23.5 Å². The number of nitrogens with one attached hydrogen (secondary N) is 3. The van der Waals surface area contributed by atoms with Crippen molar-refractivity contribution in [2.45, 2.75) is 37.8 Å². The SMILES string of the molecule is C=CCCCC1NC(=O)C(Cc2c[nH]c3cccc(F)c23)NC1=O. The fourth-order valence-corrected chi connectivity index (χ4v) is 3.08. The zero-order chi connectivity index (χ0) is 17.1. The summed E-state index contributed by atoms with van der Waals surface area (Å²) in [6.07, 6.45) is 5.90. The Labute approximate surface area is 139 Å². The molecule has 2 atom stereocenters. The highest BCUT2D eigenvalue weighted by Gasteiger charge is 2.33. The Morgan fingerprint density at radius 1 is 1.17 bits per heavy atom. The van der Waals surface area contributed by atoms with Crippen LogP contribution in [0.1, 0.15) is 24.8 Å². The fraction of sp³-hybridized carbons (Fsp3) is 0.333. The Balaban J connectivity index is 1.71. The van der Waals surface area contributed by atoms with E-state index in [0.717, 1.165) is 12.8 Å². The third-order valence-corrected chi connectivity index (χ3v) is 4.33. The highest BCUT2D eigenvalue weighted by molar-refractivity contribution is 5.97. The topological polar surface area (TPSA) is 74.0 Å². The van der Waals surface area contributed by atoms with Gasteiger partial charge in [-0.15, -0.1) is 6.58 Å². The van der Waals surface area contributed by atoms with E-state index in [1.807, 2.05) is 0 Å². The second kappa shape index (κ2) is 6.86. The van der Waals surface area contributed by atoms with E-state index in [4.69, 9.17) is 0 Å². The summed E-state index contributed by atoms with van der Waals surface area (Å²) >= 11 is 0. The molecular formula is C18H20FN3O2. The molecule has 1 saturated heterocycles. The van der Waals surface area contributed by atoms with Crippen LogP contribution in [-0.4, -0.2) is 28.9 Å². The van der Waals surface area contributed by atoms with Crippen LogP contribution in [0, 0.1) is 5.82 Å². The molecular weight excluding hydrogens is 309 g/mol. The maximum Gasteiger partial charge on any atom is 0.243 e. The molecule has 6 heteroatoms. The highest BCUT2D eigenvalue weighted by Crippen LogP contribution is 2.23. The number of halogens is 1. The zero-order valence-corrected chi connectivity index (χ0v) is 13.3. The van der Waals surface area contributed by atoms with Gasteiger partial charge in [0.25, 0.3) is 0 Å². The molecule has 2 unspecified atom stereocenters. The molecule has 1 aromatic carbocycles. The standard InChI is InChI=1S/C18H20FN3O2/c1-2-3-4-7-14-17(23)22-15(18(24)21-14)9-11-10-20-13-8-5-6-12(19)16(11)13/h2,5-6,8,10,14-15,20H,1,3-4,7,9H2,(H,21,24)(H,22,23). The molecule has 1 aliphatic heterocycles. The molecule has 0 aliphatic carbocycles. The highest BCUT2D eigenvalue weighted by atomic mass is 19.1. The van der Waals surface area contributed by atoms with Crippen LogP contribution in [-0.2, 0) is 16.0 Å². The number of hydrogen-bond donors (Lipinski definition) is 3. The lowest BCUT2D eigenvalue weighted by molar-refractivity contribution is -0.136. The lowest BCUT2D eigenvalue weighted by atomic mass is 9.99. The summed E-state index contributed by atoms with van der Waals surface area (Å²) in [5.41, 5.74) is 1.35. The molecule has 0 bridgehead atoms. The first-order chi connectivity index (χ1) is 11.6. The maximum atomic E-state index is 14.0. The van der Waals surface area contributed by atoms with Crippen LogP contribution in [0.15, 0.2) is 37.1 Å². The average Bonchev–Trinajstić information content (AvgIpc) is 2.96. The summed E-state index contributed by atoms with van der Waals surface area (Å²) < 4.78 is 14.0. The Morgan fingerprint density at radius 2 is 1.92 bits per heavy atom. The van der Waals surface area contributed by atoms with E-state index >= 15 is 0 Å². The van der Waals surface area contributed by atoms with Gasteiger partial charge >= 0.3 is 0 Å². The molecule has 2 aromatic rings. The molecule has 0 radical (unpaired) electrons. The van der Waals surface area contributed by atoms with Gasteiger partial charge in [-0.2, -0.15) is 0 Å². The van der Waals surface area contributed by atoms with Crippen molar-refractivity contribution in [3.63, 3.8) is 0 Å². The van der Waals surface area contributed by atoms with Crippen LogP contribution in [0.5, 0.6) is 0 Å². The molecule has 0 saturated carbocycles. The largest absolute Gasteiger partial charge is 0.361 e. The number of piperazine rings is 1. The summed E-state index contributed by atoms with van der Waals surface area (Å²) in [4.78, 5) is 27.4. The van der Waals surface area contributed by atoms with E-state index in [2.05, 4.69) is 22.2 Å². The minimum Gasteiger partial charge on any atom is -0.361 e. The Kier molecular flexibility index (Phi) is 4.64. The summed E-state index contributed by atoms with van der Waals surface area (Å²) in [6, 6.07) is 3.59. The normalized spacial score (nSPS) is 20.7. The number of carbonyl (C=O) groups excluding carboxylic acids is 2. The van der Waals surface area contributed by atoms with Crippen molar-refractivity contribution in [1.29, 1.82) is 0 Å². The average molecular weight is 329 g/mol. The number of aromatic amines is 1. The molecule has 3 N–H and O–H groups in total. The number of unbranched alkanes of at least 4 members (excludes halogenated alkanes) is 1. The number of allylic oxidation sites excluding steroid dienone is 1. The molecule has 2 heterocycles. The number of H-pyrrole nitrogens is 1. The lowest BCUT2D eigenvalue weighted by Crippen LogP contribution is -2.62. The van der Waals surface area contributed by atoms with Crippen LogP contribution in [0.4, 0.5) is 4.39 Å². The van der Waals surface area contributed by atoms with Crippen LogP contribution in [0.3, 0.4) is 0 Å². The minimum absolute atomic E-state index is 0.191. The molecule has 2 amide bonds. The van der Waals surface area contributed by atoms with Crippen LogP contribution in [0.2, 0.25) is 0 Å². The number of fused-ring (bicyclic) bond motifs is 1. The first-order valence-corrected chi connectivity index (χ1v) is 8.06. The van der Waals surface area contributed by atoms with Crippen molar-refractivity contribution in [3.8, 4) is 0 Å². The van der Waals surface area contributed by atoms with Gasteiger partial charge in [0.2, 0.25) is 11.8 Å². The van der Waals surface area contributed by atoms with Crippen molar-refractivity contribution < 1.29 is 14.0 Å². The third kappa shape index (κ3) is 3.18. The van der Waals surface area contributed by atoms with Gasteiger partial charge in [-0.05, 0) is 37.0 Å². The van der Waals surface area contributed by atoms with Gasteiger partial charge in [0.15, 0.2) is 0 Å². The molecule has 126 valence electrons. The monoisotopic (exact) mass is 329 g/mol. The van der Waals surface area contributed by atoms with Crippen LogP contribution in [0.25, 0.3) is 10.9 Å². The van der Waals surface area contributed by atoms with Crippen LogP contribution < -0.4 is 10.6 Å². The number of aromatic nitrogens is 1. The first-order valence-electron chi connectivity index (χ1n) is 8.06. The van der Waals surface area contributed by atoms with E-state index in [0.29, 0.717) is 22.9 Å². The zero-order valence-electron chi connectivity index (χ0n) is 13.3. The van der Waals surface area contributed by atoms with Crippen molar-refractivity contribution in [1.82, 2.24) is 15.6 Å². The van der Waals surface area contributed by atoms with Crippen molar-refractivity contribution >= 4 is 22.7 Å².